The average Bonchev–Trinajstić information content (AvgIpc) is 2.58. The molecule has 0 radical (unpaired) electrons. The third kappa shape index (κ3) is 6.37. The normalized spacial score (nSPS) is 13.6. The second-order valence-electron chi connectivity index (χ2n) is 6.32. The molecule has 0 aliphatic heterocycles. The summed E-state index contributed by atoms with van der Waals surface area (Å²) in [4.78, 5) is 12.4. The van der Waals surface area contributed by atoms with Crippen LogP contribution >= 0.6 is 0 Å². The zero-order chi connectivity index (χ0) is 22.9. The summed E-state index contributed by atoms with van der Waals surface area (Å²) in [6.07, 6.45) is -10.6. The highest BCUT2D eigenvalue weighted by atomic mass is 32.2. The molecule has 0 bridgehead atoms. The van der Waals surface area contributed by atoms with Crippen molar-refractivity contribution in [2.75, 3.05) is 11.0 Å². The van der Waals surface area contributed by atoms with E-state index in [-0.39, 0.29) is 17.3 Å². The number of ketones is 1. The van der Waals surface area contributed by atoms with Crippen molar-refractivity contribution in [1.82, 2.24) is 0 Å². The molecule has 0 aliphatic rings. The van der Waals surface area contributed by atoms with E-state index in [1.165, 1.54) is 31.2 Å². The Hall–Kier alpha value is -2.76. The molecular formula is C18H15F6NO4S. The first-order valence-corrected chi connectivity index (χ1v) is 10.0. The first-order chi connectivity index (χ1) is 13.6. The molecular weight excluding hydrogens is 440 g/mol. The van der Waals surface area contributed by atoms with Gasteiger partial charge in [0, 0.05) is 11.3 Å². The lowest BCUT2D eigenvalue weighted by molar-refractivity contribution is -0.143. The van der Waals surface area contributed by atoms with Gasteiger partial charge in [-0.05, 0) is 49.4 Å². The summed E-state index contributed by atoms with van der Waals surface area (Å²) in [7, 11) is -3.54. The lowest BCUT2D eigenvalue weighted by Gasteiger charge is -2.18. The van der Waals surface area contributed by atoms with Crippen LogP contribution in [0.1, 0.15) is 28.4 Å². The van der Waals surface area contributed by atoms with Gasteiger partial charge < -0.3 is 4.74 Å². The number of Topliss-reactive ketones (excluding diaryl/α,β-unsaturated/α-hetero) is 1. The number of nitrogens with one attached hydrogen (secondary N) is 1. The Morgan fingerprint density at radius 2 is 1.40 bits per heavy atom. The Labute approximate surface area is 167 Å². The van der Waals surface area contributed by atoms with Crippen molar-refractivity contribution in [3.8, 4) is 5.75 Å². The van der Waals surface area contributed by atoms with Gasteiger partial charge in [0.05, 0.1) is 17.4 Å². The van der Waals surface area contributed by atoms with Crippen LogP contribution in [0.15, 0.2) is 42.5 Å². The zero-order valence-corrected chi connectivity index (χ0v) is 16.2. The molecule has 0 amide bonds. The molecule has 2 rings (SSSR count). The number of rotatable bonds is 6. The Balaban J connectivity index is 2.26. The number of carbonyl (C=O) groups excluding carboxylic acids is 1. The van der Waals surface area contributed by atoms with Crippen molar-refractivity contribution in [2.24, 2.45) is 0 Å². The maximum Gasteiger partial charge on any atom is 0.416 e. The van der Waals surface area contributed by atoms with Crippen LogP contribution in [0.25, 0.3) is 0 Å². The molecule has 0 saturated carbocycles. The van der Waals surface area contributed by atoms with Crippen LogP contribution in [-0.2, 0) is 22.4 Å². The minimum Gasteiger partial charge on any atom is -0.483 e. The lowest BCUT2D eigenvalue weighted by atomic mass is 10.1. The SMILES string of the molecule is CC(Oc1cc(C(F)(F)F)cc(C(F)(F)F)c1)C(=O)c1ccc(NS(C)(=O)=O)cc1. The smallest absolute Gasteiger partial charge is 0.416 e. The van der Waals surface area contributed by atoms with Crippen LogP contribution in [0.2, 0.25) is 0 Å². The third-order valence-electron chi connectivity index (χ3n) is 3.72. The summed E-state index contributed by atoms with van der Waals surface area (Å²) in [5.74, 6) is -1.50. The quantitative estimate of drug-likeness (QED) is 0.504. The van der Waals surface area contributed by atoms with E-state index < -0.39 is 51.1 Å². The second kappa shape index (κ2) is 8.17. The van der Waals surface area contributed by atoms with Gasteiger partial charge in [-0.1, -0.05) is 0 Å². The highest BCUT2D eigenvalue weighted by molar-refractivity contribution is 7.92. The van der Waals surface area contributed by atoms with E-state index in [2.05, 4.69) is 4.72 Å². The number of anilines is 1. The molecule has 1 unspecified atom stereocenters. The molecule has 2 aromatic carbocycles. The summed E-state index contributed by atoms with van der Waals surface area (Å²) >= 11 is 0. The fraction of sp³-hybridized carbons (Fsp3) is 0.278. The number of halogens is 6. The fourth-order valence-corrected chi connectivity index (χ4v) is 2.97. The Morgan fingerprint density at radius 1 is 0.933 bits per heavy atom. The van der Waals surface area contributed by atoms with Gasteiger partial charge in [0.1, 0.15) is 5.75 Å². The molecule has 1 atom stereocenters. The Morgan fingerprint density at radius 3 is 1.80 bits per heavy atom. The minimum atomic E-state index is -5.05. The van der Waals surface area contributed by atoms with Crippen molar-refractivity contribution >= 4 is 21.5 Å². The van der Waals surface area contributed by atoms with Crippen LogP contribution < -0.4 is 9.46 Å². The minimum absolute atomic E-state index is 0.0181. The summed E-state index contributed by atoms with van der Waals surface area (Å²) < 4.78 is 107. The fourth-order valence-electron chi connectivity index (χ4n) is 2.40. The van der Waals surface area contributed by atoms with Crippen LogP contribution in [0.3, 0.4) is 0 Å². The van der Waals surface area contributed by atoms with E-state index in [9.17, 15) is 39.6 Å². The molecule has 164 valence electrons. The van der Waals surface area contributed by atoms with Crippen molar-refractivity contribution in [1.29, 1.82) is 0 Å². The van der Waals surface area contributed by atoms with Crippen molar-refractivity contribution in [2.45, 2.75) is 25.4 Å². The Kier molecular flexibility index (Phi) is 6.40. The zero-order valence-electron chi connectivity index (χ0n) is 15.4. The highest BCUT2D eigenvalue weighted by Crippen LogP contribution is 2.38. The maximum atomic E-state index is 12.9. The number of hydrogen-bond donors (Lipinski definition) is 1. The maximum absolute atomic E-state index is 12.9. The molecule has 12 heteroatoms. The number of benzene rings is 2. The first kappa shape index (κ1) is 23.5. The van der Waals surface area contributed by atoms with E-state index in [1.807, 2.05) is 0 Å². The van der Waals surface area contributed by atoms with Gasteiger partial charge in [-0.25, -0.2) is 8.42 Å². The van der Waals surface area contributed by atoms with Crippen molar-refractivity contribution in [3.05, 3.63) is 59.2 Å². The number of sulfonamides is 1. The monoisotopic (exact) mass is 455 g/mol. The molecule has 0 spiro atoms. The van der Waals surface area contributed by atoms with Crippen LogP contribution in [-0.4, -0.2) is 26.6 Å². The van der Waals surface area contributed by atoms with Crippen molar-refractivity contribution in [3.63, 3.8) is 0 Å². The molecule has 30 heavy (non-hydrogen) atoms. The van der Waals surface area contributed by atoms with Gasteiger partial charge in [0.2, 0.25) is 15.8 Å². The van der Waals surface area contributed by atoms with E-state index in [0.717, 1.165) is 6.26 Å². The summed E-state index contributed by atoms with van der Waals surface area (Å²) in [6.45, 7) is 1.17. The number of alkyl halides is 6. The molecule has 5 nitrogen and oxygen atoms in total. The van der Waals surface area contributed by atoms with Crippen LogP contribution in [0.5, 0.6) is 5.75 Å². The molecule has 0 fully saturated rings. The van der Waals surface area contributed by atoms with Gasteiger partial charge in [0.15, 0.2) is 6.10 Å². The highest BCUT2D eigenvalue weighted by Gasteiger charge is 2.37. The summed E-state index contributed by atoms with van der Waals surface area (Å²) in [5.41, 5.74) is -2.95. The van der Waals surface area contributed by atoms with E-state index >= 15 is 0 Å². The van der Waals surface area contributed by atoms with Crippen LogP contribution in [0, 0.1) is 0 Å². The van der Waals surface area contributed by atoms with E-state index in [1.54, 1.807) is 0 Å². The van der Waals surface area contributed by atoms with Gasteiger partial charge in [-0.15, -0.1) is 0 Å². The third-order valence-corrected chi connectivity index (χ3v) is 4.32. The molecule has 2 aromatic rings. The molecule has 0 aliphatic carbocycles. The summed E-state index contributed by atoms with van der Waals surface area (Å²) in [6, 6.07) is 5.72. The average molecular weight is 455 g/mol. The molecule has 0 saturated heterocycles. The predicted molar refractivity (Wildman–Crippen MR) is 95.8 cm³/mol. The first-order valence-electron chi connectivity index (χ1n) is 8.14. The number of ether oxygens (including phenoxy) is 1. The number of carbonyl (C=O) groups is 1. The standard InChI is InChI=1S/C18H15F6NO4S/c1-10(16(26)11-3-5-14(6-4-11)25-30(2,27)28)29-15-8-12(17(19,20)21)7-13(9-15)18(22,23)24/h3-10,25H,1-2H3. The van der Waals surface area contributed by atoms with Crippen LogP contribution in [0.4, 0.5) is 32.0 Å². The van der Waals surface area contributed by atoms with E-state index in [0.29, 0.717) is 12.1 Å². The Bertz CT molecular complexity index is 998. The number of hydrogen-bond acceptors (Lipinski definition) is 4. The topological polar surface area (TPSA) is 72.5 Å². The predicted octanol–water partition coefficient (Wildman–Crippen LogP) is 4.75. The molecule has 0 heterocycles. The second-order valence-corrected chi connectivity index (χ2v) is 8.07. The van der Waals surface area contributed by atoms with Gasteiger partial charge >= 0.3 is 12.4 Å². The lowest BCUT2D eigenvalue weighted by Crippen LogP contribution is -2.24. The van der Waals surface area contributed by atoms with Gasteiger partial charge in [-0.2, -0.15) is 26.3 Å². The molecule has 0 aromatic heterocycles. The largest absolute Gasteiger partial charge is 0.483 e. The summed E-state index contributed by atoms with van der Waals surface area (Å²) in [5, 5.41) is 0. The van der Waals surface area contributed by atoms with Gasteiger partial charge in [-0.3, -0.25) is 9.52 Å². The molecule has 1 N–H and O–H groups in total. The van der Waals surface area contributed by atoms with Gasteiger partial charge in [0.25, 0.3) is 0 Å². The van der Waals surface area contributed by atoms with Crippen molar-refractivity contribution < 1.29 is 44.3 Å². The van der Waals surface area contributed by atoms with E-state index in [4.69, 9.17) is 4.74 Å².